The van der Waals surface area contributed by atoms with E-state index in [1.54, 1.807) is 49.2 Å². The average Bonchev–Trinajstić information content (AvgIpc) is 3.40. The number of hydrogen-bond acceptors (Lipinski definition) is 5. The second kappa shape index (κ2) is 7.48. The zero-order chi connectivity index (χ0) is 23.4. The predicted octanol–water partition coefficient (Wildman–Crippen LogP) is 4.34. The van der Waals surface area contributed by atoms with Crippen LogP contribution in [0.15, 0.2) is 72.8 Å². The summed E-state index contributed by atoms with van der Waals surface area (Å²) >= 11 is 0. The third kappa shape index (κ3) is 3.31. The molecule has 1 unspecified atom stereocenters. The van der Waals surface area contributed by atoms with Gasteiger partial charge in [-0.25, -0.2) is 21.8 Å². The SMILES string of the molecule is CC1=CC(c2cn(C)nc2-c2ccc(F)cn2)=CCC1(C)S(=O)(=O)n1ccc2cccnc21. The van der Waals surface area contributed by atoms with E-state index in [0.717, 1.165) is 22.7 Å². The van der Waals surface area contributed by atoms with Crippen LogP contribution in [0, 0.1) is 5.82 Å². The highest BCUT2D eigenvalue weighted by molar-refractivity contribution is 7.91. The summed E-state index contributed by atoms with van der Waals surface area (Å²) in [5.74, 6) is -0.420. The third-order valence-electron chi connectivity index (χ3n) is 6.27. The van der Waals surface area contributed by atoms with Gasteiger partial charge in [0, 0.05) is 36.6 Å². The Morgan fingerprint density at radius 2 is 1.97 bits per heavy atom. The summed E-state index contributed by atoms with van der Waals surface area (Å²) in [6.07, 6.45) is 10.2. The molecule has 0 bridgehead atoms. The van der Waals surface area contributed by atoms with Crippen LogP contribution in [-0.2, 0) is 17.1 Å². The Bertz CT molecular complexity index is 1550. The maximum Gasteiger partial charge on any atom is 0.249 e. The van der Waals surface area contributed by atoms with Crippen molar-refractivity contribution in [2.45, 2.75) is 25.0 Å². The highest BCUT2D eigenvalue weighted by Crippen LogP contribution is 2.41. The number of pyridine rings is 2. The Morgan fingerprint density at radius 3 is 2.70 bits per heavy atom. The van der Waals surface area contributed by atoms with Crippen molar-refractivity contribution in [3.8, 4) is 11.4 Å². The van der Waals surface area contributed by atoms with Crippen molar-refractivity contribution in [1.82, 2.24) is 23.7 Å². The zero-order valence-corrected chi connectivity index (χ0v) is 19.2. The van der Waals surface area contributed by atoms with Gasteiger partial charge in [0.1, 0.15) is 16.3 Å². The molecule has 4 heterocycles. The second-order valence-corrected chi connectivity index (χ2v) is 10.6. The molecule has 4 aromatic rings. The summed E-state index contributed by atoms with van der Waals surface area (Å²) in [7, 11) is -1.99. The first kappa shape index (κ1) is 21.3. The molecule has 1 aliphatic rings. The van der Waals surface area contributed by atoms with Crippen molar-refractivity contribution in [1.29, 1.82) is 0 Å². The summed E-state index contributed by atoms with van der Waals surface area (Å²) in [6.45, 7) is 3.57. The van der Waals surface area contributed by atoms with Gasteiger partial charge in [-0.15, -0.1) is 0 Å². The summed E-state index contributed by atoms with van der Waals surface area (Å²) in [6, 6.07) is 8.30. The molecule has 168 valence electrons. The molecule has 0 aliphatic heterocycles. The summed E-state index contributed by atoms with van der Waals surface area (Å²) in [5.41, 5.74) is 3.94. The first-order valence-corrected chi connectivity index (χ1v) is 11.9. The van der Waals surface area contributed by atoms with E-state index in [9.17, 15) is 12.8 Å². The third-order valence-corrected chi connectivity index (χ3v) is 8.71. The van der Waals surface area contributed by atoms with E-state index >= 15 is 0 Å². The topological polar surface area (TPSA) is 82.7 Å². The number of fused-ring (bicyclic) bond motifs is 1. The van der Waals surface area contributed by atoms with Gasteiger partial charge < -0.3 is 0 Å². The molecule has 9 heteroatoms. The summed E-state index contributed by atoms with van der Waals surface area (Å²) < 4.78 is 42.7. The maximum atomic E-state index is 13.8. The highest BCUT2D eigenvalue weighted by atomic mass is 32.2. The quantitative estimate of drug-likeness (QED) is 0.450. The number of allylic oxidation sites excluding steroid dienone is 3. The molecule has 0 fully saturated rings. The van der Waals surface area contributed by atoms with E-state index in [4.69, 9.17) is 0 Å². The van der Waals surface area contributed by atoms with E-state index < -0.39 is 20.6 Å². The fourth-order valence-corrected chi connectivity index (χ4v) is 5.96. The van der Waals surface area contributed by atoms with Gasteiger partial charge in [-0.2, -0.15) is 5.10 Å². The Hall–Kier alpha value is -3.59. The van der Waals surface area contributed by atoms with Crippen LogP contribution in [0.4, 0.5) is 4.39 Å². The minimum absolute atomic E-state index is 0.282. The summed E-state index contributed by atoms with van der Waals surface area (Å²) in [5, 5.41) is 5.27. The Morgan fingerprint density at radius 1 is 1.15 bits per heavy atom. The zero-order valence-electron chi connectivity index (χ0n) is 18.4. The minimum Gasteiger partial charge on any atom is -0.274 e. The van der Waals surface area contributed by atoms with Crippen LogP contribution >= 0.6 is 0 Å². The molecule has 0 N–H and O–H groups in total. The number of halogens is 1. The minimum atomic E-state index is -3.80. The molecule has 0 spiro atoms. The Labute approximate surface area is 191 Å². The van der Waals surface area contributed by atoms with Crippen molar-refractivity contribution in [3.05, 3.63) is 84.2 Å². The smallest absolute Gasteiger partial charge is 0.249 e. The predicted molar refractivity (Wildman–Crippen MR) is 125 cm³/mol. The number of rotatable bonds is 4. The molecule has 0 aromatic carbocycles. The van der Waals surface area contributed by atoms with E-state index in [0.29, 0.717) is 22.6 Å². The molecular weight excluding hydrogens is 441 g/mol. The normalized spacial score (nSPS) is 18.9. The number of nitrogens with zero attached hydrogens (tertiary/aromatic N) is 5. The van der Waals surface area contributed by atoms with Gasteiger partial charge in [0.15, 0.2) is 5.65 Å². The first-order chi connectivity index (χ1) is 15.7. The molecule has 0 amide bonds. The van der Waals surface area contributed by atoms with Crippen LogP contribution in [-0.4, -0.2) is 36.9 Å². The van der Waals surface area contributed by atoms with Crippen molar-refractivity contribution < 1.29 is 12.8 Å². The largest absolute Gasteiger partial charge is 0.274 e. The van der Waals surface area contributed by atoms with Gasteiger partial charge in [0.25, 0.3) is 0 Å². The van der Waals surface area contributed by atoms with Gasteiger partial charge in [0.2, 0.25) is 10.0 Å². The first-order valence-electron chi connectivity index (χ1n) is 10.4. The van der Waals surface area contributed by atoms with Crippen molar-refractivity contribution >= 4 is 26.6 Å². The van der Waals surface area contributed by atoms with Crippen molar-refractivity contribution in [2.24, 2.45) is 7.05 Å². The molecule has 33 heavy (non-hydrogen) atoms. The molecule has 1 aliphatic carbocycles. The molecule has 0 radical (unpaired) electrons. The van der Waals surface area contributed by atoms with E-state index in [2.05, 4.69) is 15.1 Å². The van der Waals surface area contributed by atoms with E-state index in [-0.39, 0.29) is 6.42 Å². The summed E-state index contributed by atoms with van der Waals surface area (Å²) in [4.78, 5) is 8.44. The number of hydrogen-bond donors (Lipinski definition) is 0. The van der Waals surface area contributed by atoms with Crippen LogP contribution in [0.25, 0.3) is 28.0 Å². The van der Waals surface area contributed by atoms with E-state index in [1.807, 2.05) is 31.3 Å². The standard InChI is InChI=1S/C24H22FN5O2S/c1-16-13-18(20-15-29(3)28-22(20)21-7-6-19(25)14-27-21)8-10-24(16,2)33(31,32)30-12-9-17-5-4-11-26-23(17)30/h4-9,11-15H,10H2,1-3H3. The highest BCUT2D eigenvalue weighted by Gasteiger charge is 2.43. The lowest BCUT2D eigenvalue weighted by Crippen LogP contribution is -2.41. The van der Waals surface area contributed by atoms with Crippen LogP contribution in [0.2, 0.25) is 0 Å². The van der Waals surface area contributed by atoms with Gasteiger partial charge in [-0.1, -0.05) is 12.2 Å². The molecule has 7 nitrogen and oxygen atoms in total. The molecule has 4 aromatic heterocycles. The fraction of sp³-hybridized carbons (Fsp3) is 0.208. The lowest BCUT2D eigenvalue weighted by Gasteiger charge is -2.33. The second-order valence-electron chi connectivity index (χ2n) is 8.38. The monoisotopic (exact) mass is 463 g/mol. The van der Waals surface area contributed by atoms with Gasteiger partial charge in [0.05, 0.1) is 11.9 Å². The maximum absolute atomic E-state index is 13.8. The number of aryl methyl sites for hydroxylation is 1. The van der Waals surface area contributed by atoms with Gasteiger partial charge in [-0.05, 0) is 61.7 Å². The fourth-order valence-electron chi connectivity index (χ4n) is 4.17. The molecule has 1 atom stereocenters. The molecule has 0 saturated carbocycles. The van der Waals surface area contributed by atoms with Crippen LogP contribution in [0.3, 0.4) is 0 Å². The van der Waals surface area contributed by atoms with Crippen LogP contribution < -0.4 is 0 Å². The van der Waals surface area contributed by atoms with Crippen molar-refractivity contribution in [2.75, 3.05) is 0 Å². The van der Waals surface area contributed by atoms with Crippen LogP contribution in [0.5, 0.6) is 0 Å². The number of aromatic nitrogens is 5. The lowest BCUT2D eigenvalue weighted by atomic mass is 9.87. The van der Waals surface area contributed by atoms with Crippen molar-refractivity contribution in [3.63, 3.8) is 0 Å². The lowest BCUT2D eigenvalue weighted by molar-refractivity contribution is 0.547. The molecule has 5 rings (SSSR count). The Kier molecular flexibility index (Phi) is 4.82. The van der Waals surface area contributed by atoms with Crippen LogP contribution in [0.1, 0.15) is 25.8 Å². The average molecular weight is 464 g/mol. The molecular formula is C24H22FN5O2S. The molecule has 0 saturated heterocycles. The van der Waals surface area contributed by atoms with Gasteiger partial charge in [-0.3, -0.25) is 9.67 Å². The van der Waals surface area contributed by atoms with E-state index in [1.165, 1.54) is 10.0 Å². The van der Waals surface area contributed by atoms with Gasteiger partial charge >= 0.3 is 0 Å². The Balaban J connectivity index is 1.55.